The zero-order valence-electron chi connectivity index (χ0n) is 14.9. The second kappa shape index (κ2) is 6.20. The predicted molar refractivity (Wildman–Crippen MR) is 110 cm³/mol. The third-order valence-electron chi connectivity index (χ3n) is 5.81. The molecule has 1 unspecified atom stereocenters. The van der Waals surface area contributed by atoms with E-state index in [1.54, 1.807) is 18.2 Å². The number of hydrogen-bond donors (Lipinski definition) is 0. The molecule has 5 rings (SSSR count). The molecule has 0 saturated carbocycles. The Kier molecular flexibility index (Phi) is 3.68. The average Bonchev–Trinajstić information content (AvgIpc) is 2.73. The molecule has 2 aliphatic carbocycles. The Morgan fingerprint density at radius 3 is 2.70 bits per heavy atom. The van der Waals surface area contributed by atoms with Crippen LogP contribution in [-0.2, 0) is 6.42 Å². The Labute approximate surface area is 157 Å². The summed E-state index contributed by atoms with van der Waals surface area (Å²) < 4.78 is 0. The minimum absolute atomic E-state index is 0.172. The third-order valence-corrected chi connectivity index (χ3v) is 5.81. The smallest absolute Gasteiger partial charge is 0.258 e. The van der Waals surface area contributed by atoms with Crippen LogP contribution in [0.15, 0.2) is 54.6 Å². The van der Waals surface area contributed by atoms with Crippen molar-refractivity contribution in [3.05, 3.63) is 91.8 Å². The Balaban J connectivity index is 1.63. The summed E-state index contributed by atoms with van der Waals surface area (Å²) in [5, 5.41) is 16.3. The van der Waals surface area contributed by atoms with Crippen LogP contribution in [0.5, 0.6) is 0 Å². The summed E-state index contributed by atoms with van der Waals surface area (Å²) in [7, 11) is 0. The van der Waals surface area contributed by atoms with Crippen LogP contribution >= 0.6 is 0 Å². The summed E-state index contributed by atoms with van der Waals surface area (Å²) in [4.78, 5) is 10.8. The van der Waals surface area contributed by atoms with E-state index < -0.39 is 0 Å². The third kappa shape index (κ3) is 2.67. The van der Waals surface area contributed by atoms with Gasteiger partial charge in [0.2, 0.25) is 0 Å². The van der Waals surface area contributed by atoms with Crippen LogP contribution in [-0.4, -0.2) is 4.92 Å². The van der Waals surface area contributed by atoms with Gasteiger partial charge in [-0.2, -0.15) is 0 Å². The molecule has 0 heterocycles. The summed E-state index contributed by atoms with van der Waals surface area (Å²) in [5.41, 5.74) is 3.89. The molecular formula is C24H19NO2. The minimum atomic E-state index is -0.311. The van der Waals surface area contributed by atoms with Crippen LogP contribution in [0, 0.1) is 10.1 Å². The van der Waals surface area contributed by atoms with Crippen molar-refractivity contribution in [1.29, 1.82) is 0 Å². The average molecular weight is 353 g/mol. The van der Waals surface area contributed by atoms with E-state index in [1.165, 1.54) is 32.3 Å². The molecule has 3 aromatic carbocycles. The molecule has 0 saturated heterocycles. The molecule has 3 heteroatoms. The van der Waals surface area contributed by atoms with Gasteiger partial charge in [0.15, 0.2) is 0 Å². The van der Waals surface area contributed by atoms with Crippen molar-refractivity contribution in [2.24, 2.45) is 0 Å². The highest BCUT2D eigenvalue weighted by atomic mass is 16.6. The number of nitro groups is 1. The lowest BCUT2D eigenvalue weighted by atomic mass is 9.82. The number of fused-ring (bicyclic) bond motifs is 5. The molecule has 1 atom stereocenters. The van der Waals surface area contributed by atoms with Gasteiger partial charge in [0.05, 0.1) is 4.92 Å². The van der Waals surface area contributed by atoms with E-state index in [0.29, 0.717) is 0 Å². The first kappa shape index (κ1) is 16.0. The van der Waals surface area contributed by atoms with Gasteiger partial charge in [-0.05, 0) is 63.1 Å². The van der Waals surface area contributed by atoms with Gasteiger partial charge in [0.1, 0.15) is 0 Å². The van der Waals surface area contributed by atoms with Crippen LogP contribution in [0.3, 0.4) is 0 Å². The van der Waals surface area contributed by atoms with E-state index >= 15 is 0 Å². The van der Waals surface area contributed by atoms with Gasteiger partial charge in [0.25, 0.3) is 5.69 Å². The molecule has 0 N–H and O–H groups in total. The Morgan fingerprint density at radius 1 is 0.963 bits per heavy atom. The standard InChI is InChI=1S/C24H19NO2/c26-25(27)20-6-3-5-18(14-20)19-9-8-17-11-12-22-21-7-2-1-4-16(21)10-13-23(22)24(17)15-19/h2-8,10-14,19H,1,9,15H2. The molecular weight excluding hydrogens is 334 g/mol. The lowest BCUT2D eigenvalue weighted by molar-refractivity contribution is -0.384. The molecule has 27 heavy (non-hydrogen) atoms. The number of rotatable bonds is 2. The fourth-order valence-corrected chi connectivity index (χ4v) is 4.43. The fraction of sp³-hybridized carbons (Fsp3) is 0.167. The zero-order chi connectivity index (χ0) is 18.4. The maximum atomic E-state index is 11.1. The highest BCUT2D eigenvalue weighted by Gasteiger charge is 2.20. The Bertz CT molecular complexity index is 1240. The van der Waals surface area contributed by atoms with E-state index in [9.17, 15) is 10.1 Å². The Hall–Kier alpha value is -3.20. The minimum Gasteiger partial charge on any atom is -0.258 e. The number of nitrogens with zero attached hydrogens (tertiary/aromatic N) is 1. The van der Waals surface area contributed by atoms with Crippen LogP contribution in [0.25, 0.3) is 29.0 Å². The summed E-state index contributed by atoms with van der Waals surface area (Å²) in [6.45, 7) is 0. The van der Waals surface area contributed by atoms with E-state index in [2.05, 4.69) is 48.6 Å². The predicted octanol–water partition coefficient (Wildman–Crippen LogP) is 4.46. The molecule has 0 aliphatic heterocycles. The first-order valence-corrected chi connectivity index (χ1v) is 9.36. The first-order chi connectivity index (χ1) is 13.2. The zero-order valence-corrected chi connectivity index (χ0v) is 14.9. The summed E-state index contributed by atoms with van der Waals surface area (Å²) >= 11 is 0. The van der Waals surface area contributed by atoms with Crippen LogP contribution < -0.4 is 10.4 Å². The van der Waals surface area contributed by atoms with E-state index in [4.69, 9.17) is 0 Å². The van der Waals surface area contributed by atoms with Crippen molar-refractivity contribution >= 4 is 34.7 Å². The Morgan fingerprint density at radius 2 is 1.81 bits per heavy atom. The van der Waals surface area contributed by atoms with Gasteiger partial charge in [0, 0.05) is 12.1 Å². The molecule has 2 aliphatic rings. The van der Waals surface area contributed by atoms with Crippen molar-refractivity contribution in [2.75, 3.05) is 0 Å². The summed E-state index contributed by atoms with van der Waals surface area (Å²) in [5.74, 6) is 0.279. The number of nitro benzene ring substituents is 1. The molecule has 132 valence electrons. The lowest BCUT2D eigenvalue weighted by Crippen LogP contribution is -2.20. The van der Waals surface area contributed by atoms with Gasteiger partial charge in [-0.15, -0.1) is 0 Å². The van der Waals surface area contributed by atoms with Gasteiger partial charge in [-0.3, -0.25) is 10.1 Å². The molecule has 3 aromatic rings. The van der Waals surface area contributed by atoms with E-state index in [1.807, 2.05) is 6.07 Å². The number of allylic oxidation sites excluding steroid dienone is 1. The first-order valence-electron chi connectivity index (χ1n) is 9.36. The lowest BCUT2D eigenvalue weighted by Gasteiger charge is -2.22. The quantitative estimate of drug-likeness (QED) is 0.504. The van der Waals surface area contributed by atoms with Crippen molar-refractivity contribution < 1.29 is 4.92 Å². The number of benzene rings is 3. The topological polar surface area (TPSA) is 43.1 Å². The van der Waals surface area contributed by atoms with Crippen molar-refractivity contribution in [1.82, 2.24) is 0 Å². The number of non-ortho nitro benzene ring substituents is 1. The molecule has 0 aromatic heterocycles. The van der Waals surface area contributed by atoms with Crippen molar-refractivity contribution in [3.63, 3.8) is 0 Å². The maximum Gasteiger partial charge on any atom is 0.269 e. The highest BCUT2D eigenvalue weighted by Crippen LogP contribution is 2.32. The van der Waals surface area contributed by atoms with Crippen molar-refractivity contribution in [3.8, 4) is 0 Å². The number of hydrogen-bond acceptors (Lipinski definition) is 2. The van der Waals surface area contributed by atoms with Crippen molar-refractivity contribution in [2.45, 2.75) is 25.2 Å². The SMILES string of the molecule is O=[N+]([O-])c1cccc(C2CC=c3ccc4c5c(ccc4c3C2)=CCC=C5)c1. The second-order valence-corrected chi connectivity index (χ2v) is 7.33. The normalized spacial score (nSPS) is 17.6. The molecule has 0 amide bonds. The summed E-state index contributed by atoms with van der Waals surface area (Å²) in [6, 6.07) is 16.0. The molecule has 0 bridgehead atoms. The van der Waals surface area contributed by atoms with Gasteiger partial charge in [-0.25, -0.2) is 0 Å². The largest absolute Gasteiger partial charge is 0.269 e. The van der Waals surface area contributed by atoms with Crippen LogP contribution in [0.1, 0.15) is 35.4 Å². The van der Waals surface area contributed by atoms with E-state index in [-0.39, 0.29) is 16.5 Å². The summed E-state index contributed by atoms with van der Waals surface area (Å²) in [6.07, 6.45) is 11.8. The van der Waals surface area contributed by atoms with Gasteiger partial charge in [-0.1, -0.05) is 60.7 Å². The van der Waals surface area contributed by atoms with Gasteiger partial charge < -0.3 is 0 Å². The van der Waals surface area contributed by atoms with Gasteiger partial charge >= 0.3 is 0 Å². The molecule has 3 nitrogen and oxygen atoms in total. The molecule has 0 spiro atoms. The van der Waals surface area contributed by atoms with E-state index in [0.717, 1.165) is 24.8 Å². The van der Waals surface area contributed by atoms with Crippen LogP contribution in [0.4, 0.5) is 5.69 Å². The molecule has 0 radical (unpaired) electrons. The molecule has 0 fully saturated rings. The fourth-order valence-electron chi connectivity index (χ4n) is 4.43. The highest BCUT2D eigenvalue weighted by molar-refractivity contribution is 5.94. The second-order valence-electron chi connectivity index (χ2n) is 7.33. The van der Waals surface area contributed by atoms with Crippen LogP contribution in [0.2, 0.25) is 0 Å². The monoisotopic (exact) mass is 353 g/mol. The maximum absolute atomic E-state index is 11.1.